The predicted molar refractivity (Wildman–Crippen MR) is 108 cm³/mol. The molecule has 0 aromatic carbocycles. The Labute approximate surface area is 181 Å². The number of nitrogens with one attached hydrogen (secondary N) is 1. The maximum Gasteiger partial charge on any atom is 0.377 e. The molecule has 2 fully saturated rings. The van der Waals surface area contributed by atoms with E-state index in [2.05, 4.69) is 25.0 Å². The number of ether oxygens (including phenoxy) is 2. The molecule has 5 heterocycles. The Balaban J connectivity index is 1.44. The number of hydrogen-bond donors (Lipinski definition) is 1. The van der Waals surface area contributed by atoms with Crippen LogP contribution < -0.4 is 10.2 Å². The molecule has 0 atom stereocenters. The lowest BCUT2D eigenvalue weighted by Gasteiger charge is -2.38. The molecular formula is C21H21F4N5O2. The molecule has 0 radical (unpaired) electrons. The molecule has 0 spiro atoms. The van der Waals surface area contributed by atoms with Gasteiger partial charge in [0.2, 0.25) is 0 Å². The van der Waals surface area contributed by atoms with Gasteiger partial charge < -0.3 is 15.0 Å². The molecule has 32 heavy (non-hydrogen) atoms. The van der Waals surface area contributed by atoms with Crippen molar-refractivity contribution < 1.29 is 27.0 Å². The van der Waals surface area contributed by atoms with Crippen LogP contribution in [0.25, 0.3) is 0 Å². The number of aliphatic imine (C=N–C) groups is 1. The zero-order chi connectivity index (χ0) is 22.3. The lowest BCUT2D eigenvalue weighted by molar-refractivity contribution is -0.380. The van der Waals surface area contributed by atoms with Crippen LogP contribution in [0.5, 0.6) is 0 Å². The van der Waals surface area contributed by atoms with Crippen molar-refractivity contribution in [3.8, 4) is 0 Å². The quantitative estimate of drug-likeness (QED) is 0.719. The molecule has 7 nitrogen and oxygen atoms in total. The number of nitrogens with zero attached hydrogens (tertiary/aromatic N) is 4. The Morgan fingerprint density at radius 2 is 1.72 bits per heavy atom. The average Bonchev–Trinajstić information content (AvgIpc) is 3.18. The van der Waals surface area contributed by atoms with Crippen molar-refractivity contribution in [2.75, 3.05) is 36.5 Å². The fourth-order valence-electron chi connectivity index (χ4n) is 4.21. The topological polar surface area (TPSA) is 71.9 Å². The predicted octanol–water partition coefficient (Wildman–Crippen LogP) is 3.44. The van der Waals surface area contributed by atoms with E-state index >= 15 is 0 Å². The van der Waals surface area contributed by atoms with Crippen LogP contribution in [-0.4, -0.2) is 60.2 Å². The summed E-state index contributed by atoms with van der Waals surface area (Å²) in [6.07, 6.45) is -3.11. The lowest BCUT2D eigenvalue weighted by Crippen LogP contribution is -2.55. The fraction of sp³-hybridized carbons (Fsp3) is 0.476. The van der Waals surface area contributed by atoms with Gasteiger partial charge in [0.1, 0.15) is 18.9 Å². The highest BCUT2D eigenvalue weighted by Crippen LogP contribution is 2.36. The van der Waals surface area contributed by atoms with E-state index in [1.165, 1.54) is 18.3 Å². The molecule has 11 heteroatoms. The van der Waals surface area contributed by atoms with E-state index in [4.69, 9.17) is 4.74 Å². The third kappa shape index (κ3) is 4.26. The minimum absolute atomic E-state index is 0.191. The van der Waals surface area contributed by atoms with Crippen molar-refractivity contribution in [2.24, 2.45) is 4.99 Å². The summed E-state index contributed by atoms with van der Waals surface area (Å²) in [6, 6.07) is 4.99. The summed E-state index contributed by atoms with van der Waals surface area (Å²) in [5, 5.41) is 3.46. The highest BCUT2D eigenvalue weighted by molar-refractivity contribution is 6.17. The molecule has 170 valence electrons. The number of rotatable bonds is 4. The second-order valence-corrected chi connectivity index (χ2v) is 8.02. The molecule has 2 aromatic rings. The molecule has 0 bridgehead atoms. The van der Waals surface area contributed by atoms with Crippen molar-refractivity contribution in [1.82, 2.24) is 9.97 Å². The first-order valence-corrected chi connectivity index (χ1v) is 10.3. The Bertz CT molecular complexity index is 1030. The van der Waals surface area contributed by atoms with Crippen molar-refractivity contribution in [3.63, 3.8) is 0 Å². The maximum atomic E-state index is 13.7. The molecule has 1 N–H and O–H groups in total. The minimum atomic E-state index is -3.96. The van der Waals surface area contributed by atoms with Gasteiger partial charge in [0.25, 0.3) is 0 Å². The summed E-state index contributed by atoms with van der Waals surface area (Å²) in [5.41, 5.74) is 2.90. The molecule has 5 rings (SSSR count). The number of alkyl halides is 4. The summed E-state index contributed by atoms with van der Waals surface area (Å²) >= 11 is 0. The van der Waals surface area contributed by atoms with E-state index in [1.54, 1.807) is 6.20 Å². The number of anilines is 2. The smallest absolute Gasteiger partial charge is 0.377 e. The first kappa shape index (κ1) is 21.1. The second-order valence-electron chi connectivity index (χ2n) is 8.02. The normalized spacial score (nSPS) is 22.4. The molecule has 0 unspecified atom stereocenters. The molecule has 0 aliphatic carbocycles. The number of morpholine rings is 1. The summed E-state index contributed by atoms with van der Waals surface area (Å²) < 4.78 is 63.8. The Hall–Kier alpha value is -2.79. The van der Waals surface area contributed by atoms with Crippen LogP contribution in [0.4, 0.5) is 29.1 Å². The van der Waals surface area contributed by atoms with E-state index < -0.39 is 25.3 Å². The second kappa shape index (κ2) is 7.96. The van der Waals surface area contributed by atoms with Gasteiger partial charge in [-0.1, -0.05) is 0 Å². The van der Waals surface area contributed by atoms with Gasteiger partial charge >= 0.3 is 12.2 Å². The van der Waals surface area contributed by atoms with Crippen LogP contribution in [0.3, 0.4) is 0 Å². The van der Waals surface area contributed by atoms with Gasteiger partial charge in [-0.05, 0) is 36.6 Å². The van der Waals surface area contributed by atoms with E-state index in [0.717, 1.165) is 28.9 Å². The van der Waals surface area contributed by atoms with Crippen molar-refractivity contribution >= 4 is 17.2 Å². The van der Waals surface area contributed by atoms with Crippen LogP contribution in [0.15, 0.2) is 35.6 Å². The van der Waals surface area contributed by atoms with E-state index in [-0.39, 0.29) is 11.7 Å². The number of hydrogen-bond acceptors (Lipinski definition) is 7. The first-order valence-electron chi connectivity index (χ1n) is 10.3. The van der Waals surface area contributed by atoms with Gasteiger partial charge in [-0.25, -0.2) is 4.98 Å². The largest absolute Gasteiger partial charge is 0.381 e. The number of pyridine rings is 2. The zero-order valence-corrected chi connectivity index (χ0v) is 17.0. The SMILES string of the molecule is FC1(F)CN(c2ccnc(C3=NCc4ccnc(NC5CCOCC5)c43)c2)CC(F)(F)O1. The van der Waals surface area contributed by atoms with Gasteiger partial charge in [0, 0.05) is 42.9 Å². The Morgan fingerprint density at radius 3 is 2.47 bits per heavy atom. The van der Waals surface area contributed by atoms with Gasteiger partial charge in [0.15, 0.2) is 0 Å². The summed E-state index contributed by atoms with van der Waals surface area (Å²) in [7, 11) is 0. The van der Waals surface area contributed by atoms with Crippen LogP contribution in [0.2, 0.25) is 0 Å². The van der Waals surface area contributed by atoms with Gasteiger partial charge in [-0.3, -0.25) is 14.7 Å². The van der Waals surface area contributed by atoms with E-state index in [1.807, 2.05) is 6.07 Å². The molecular weight excluding hydrogens is 430 g/mol. The maximum absolute atomic E-state index is 13.7. The van der Waals surface area contributed by atoms with Crippen molar-refractivity contribution in [1.29, 1.82) is 0 Å². The number of fused-ring (bicyclic) bond motifs is 1. The molecule has 0 saturated carbocycles. The first-order chi connectivity index (χ1) is 15.3. The van der Waals surface area contributed by atoms with Crippen LogP contribution in [-0.2, 0) is 16.0 Å². The number of aromatic nitrogens is 2. The molecule has 2 saturated heterocycles. The number of halogens is 4. The Kier molecular flexibility index (Phi) is 5.25. The van der Waals surface area contributed by atoms with E-state index in [0.29, 0.717) is 37.0 Å². The monoisotopic (exact) mass is 451 g/mol. The third-order valence-electron chi connectivity index (χ3n) is 5.64. The highest BCUT2D eigenvalue weighted by atomic mass is 19.3. The van der Waals surface area contributed by atoms with Crippen LogP contribution >= 0.6 is 0 Å². The Morgan fingerprint density at radius 1 is 1.00 bits per heavy atom. The van der Waals surface area contributed by atoms with Crippen LogP contribution in [0.1, 0.15) is 29.7 Å². The zero-order valence-electron chi connectivity index (χ0n) is 17.0. The lowest BCUT2D eigenvalue weighted by atomic mass is 10.0. The summed E-state index contributed by atoms with van der Waals surface area (Å²) in [4.78, 5) is 14.3. The summed E-state index contributed by atoms with van der Waals surface area (Å²) in [5.74, 6) is 0.669. The van der Waals surface area contributed by atoms with Crippen LogP contribution in [0, 0.1) is 0 Å². The minimum Gasteiger partial charge on any atom is -0.381 e. The highest BCUT2D eigenvalue weighted by Gasteiger charge is 2.51. The fourth-order valence-corrected chi connectivity index (χ4v) is 4.21. The van der Waals surface area contributed by atoms with Gasteiger partial charge in [-0.15, -0.1) is 0 Å². The standard InChI is InChI=1S/C21H21F4N5O2/c22-20(23)11-30(12-21(24,25)32-20)15-2-6-26-16(9-15)18-17-13(10-28-18)1-5-27-19(17)29-14-3-7-31-8-4-14/h1-2,5-6,9,14H,3-4,7-8,10-12H2,(H,27,29). The molecule has 2 aromatic heterocycles. The summed E-state index contributed by atoms with van der Waals surface area (Å²) in [6.45, 7) is -0.187. The molecule has 0 amide bonds. The van der Waals surface area contributed by atoms with Crippen molar-refractivity contribution in [3.05, 3.63) is 47.4 Å². The average molecular weight is 451 g/mol. The third-order valence-corrected chi connectivity index (χ3v) is 5.64. The molecule has 3 aliphatic heterocycles. The van der Waals surface area contributed by atoms with Gasteiger partial charge in [-0.2, -0.15) is 17.6 Å². The van der Waals surface area contributed by atoms with E-state index in [9.17, 15) is 17.6 Å². The molecule has 3 aliphatic rings. The van der Waals surface area contributed by atoms with Gasteiger partial charge in [0.05, 0.1) is 18.0 Å². The van der Waals surface area contributed by atoms with Crippen molar-refractivity contribution in [2.45, 2.75) is 37.6 Å².